The number of nitrogens with one attached hydrogen (secondary N) is 1. The molecule has 1 aromatic heterocycles. The summed E-state index contributed by atoms with van der Waals surface area (Å²) in [5.74, 6) is 0.493. The second kappa shape index (κ2) is 4.55. The van der Waals surface area contributed by atoms with Crippen LogP contribution in [0.25, 0.3) is 0 Å². The summed E-state index contributed by atoms with van der Waals surface area (Å²) in [5, 5.41) is 9.62. The Kier molecular flexibility index (Phi) is 3.09. The molecular weight excluding hydrogens is 249 g/mol. The SMILES string of the molecule is Nc1n[nH]nc1COc1ccc(C(F)(F)F)cc1. The maximum atomic E-state index is 12.3. The number of alkyl halides is 3. The first-order chi connectivity index (χ1) is 8.47. The van der Waals surface area contributed by atoms with Crippen molar-refractivity contribution in [3.05, 3.63) is 35.5 Å². The van der Waals surface area contributed by atoms with Gasteiger partial charge in [-0.25, -0.2) is 0 Å². The van der Waals surface area contributed by atoms with Crippen molar-refractivity contribution in [2.45, 2.75) is 12.8 Å². The molecule has 0 unspecified atom stereocenters. The molecule has 0 bridgehead atoms. The minimum absolute atomic E-state index is 0.0354. The van der Waals surface area contributed by atoms with E-state index in [-0.39, 0.29) is 12.4 Å². The number of halogens is 3. The number of anilines is 1. The summed E-state index contributed by atoms with van der Waals surface area (Å²) in [6, 6.07) is 4.36. The highest BCUT2D eigenvalue weighted by Gasteiger charge is 2.29. The van der Waals surface area contributed by atoms with Gasteiger partial charge in [0.25, 0.3) is 0 Å². The van der Waals surface area contributed by atoms with Crippen molar-refractivity contribution in [1.82, 2.24) is 15.4 Å². The van der Waals surface area contributed by atoms with Crippen molar-refractivity contribution in [3.63, 3.8) is 0 Å². The van der Waals surface area contributed by atoms with E-state index in [1.54, 1.807) is 0 Å². The van der Waals surface area contributed by atoms with Crippen LogP contribution in [0, 0.1) is 0 Å². The van der Waals surface area contributed by atoms with E-state index in [4.69, 9.17) is 10.5 Å². The second-order valence-electron chi connectivity index (χ2n) is 3.47. The Morgan fingerprint density at radius 3 is 2.33 bits per heavy atom. The topological polar surface area (TPSA) is 76.8 Å². The maximum absolute atomic E-state index is 12.3. The van der Waals surface area contributed by atoms with E-state index in [1.165, 1.54) is 12.1 Å². The van der Waals surface area contributed by atoms with Gasteiger partial charge >= 0.3 is 6.18 Å². The van der Waals surface area contributed by atoms with E-state index in [9.17, 15) is 13.2 Å². The predicted molar refractivity (Wildman–Crippen MR) is 56.6 cm³/mol. The van der Waals surface area contributed by atoms with Gasteiger partial charge in [-0.15, -0.1) is 5.10 Å². The predicted octanol–water partition coefficient (Wildman–Crippen LogP) is 1.98. The second-order valence-corrected chi connectivity index (χ2v) is 3.47. The minimum Gasteiger partial charge on any atom is -0.487 e. The molecule has 0 saturated heterocycles. The number of benzene rings is 1. The molecule has 0 fully saturated rings. The molecule has 1 heterocycles. The smallest absolute Gasteiger partial charge is 0.416 e. The largest absolute Gasteiger partial charge is 0.487 e. The zero-order valence-electron chi connectivity index (χ0n) is 9.03. The van der Waals surface area contributed by atoms with E-state index in [1.807, 2.05) is 0 Å². The van der Waals surface area contributed by atoms with Crippen molar-refractivity contribution >= 4 is 5.82 Å². The standard InChI is InChI=1S/C10H9F3N4O/c11-10(12,13)6-1-3-7(4-2-6)18-5-8-9(14)16-17-15-8/h1-4H,5H2,(H3,14,15,16,17). The molecule has 0 atom stereocenters. The monoisotopic (exact) mass is 258 g/mol. The third kappa shape index (κ3) is 2.70. The molecule has 1 aromatic carbocycles. The molecule has 2 rings (SSSR count). The van der Waals surface area contributed by atoms with E-state index in [0.717, 1.165) is 12.1 Å². The number of nitrogen functional groups attached to an aromatic ring is 1. The molecule has 5 nitrogen and oxygen atoms in total. The Balaban J connectivity index is 2.01. The van der Waals surface area contributed by atoms with Crippen LogP contribution < -0.4 is 10.5 Å². The maximum Gasteiger partial charge on any atom is 0.416 e. The zero-order chi connectivity index (χ0) is 13.2. The molecule has 2 aromatic rings. The van der Waals surface area contributed by atoms with Gasteiger partial charge in [-0.2, -0.15) is 23.5 Å². The lowest BCUT2D eigenvalue weighted by molar-refractivity contribution is -0.137. The first-order valence-electron chi connectivity index (χ1n) is 4.92. The number of hydrogen-bond acceptors (Lipinski definition) is 4. The fourth-order valence-corrected chi connectivity index (χ4v) is 1.26. The van der Waals surface area contributed by atoms with Gasteiger partial charge in [0.2, 0.25) is 0 Å². The van der Waals surface area contributed by atoms with Crippen LogP contribution in [0.4, 0.5) is 19.0 Å². The van der Waals surface area contributed by atoms with Gasteiger partial charge in [-0.3, -0.25) is 0 Å². The van der Waals surface area contributed by atoms with Crippen LogP contribution in [0.15, 0.2) is 24.3 Å². The molecule has 0 spiro atoms. The van der Waals surface area contributed by atoms with Crippen LogP contribution in [-0.2, 0) is 12.8 Å². The molecule has 3 N–H and O–H groups in total. The Hall–Kier alpha value is -2.25. The molecule has 0 radical (unpaired) electrons. The molecule has 8 heteroatoms. The normalized spacial score (nSPS) is 11.5. The number of nitrogens with zero attached hydrogens (tertiary/aromatic N) is 2. The lowest BCUT2D eigenvalue weighted by atomic mass is 10.2. The van der Waals surface area contributed by atoms with Gasteiger partial charge in [-0.05, 0) is 24.3 Å². The Morgan fingerprint density at radius 2 is 1.83 bits per heavy atom. The van der Waals surface area contributed by atoms with Crippen LogP contribution in [0.3, 0.4) is 0 Å². The number of rotatable bonds is 3. The van der Waals surface area contributed by atoms with Crippen molar-refractivity contribution in [2.24, 2.45) is 0 Å². The van der Waals surface area contributed by atoms with Crippen LogP contribution in [-0.4, -0.2) is 15.4 Å². The summed E-state index contributed by atoms with van der Waals surface area (Å²) < 4.78 is 42.1. The van der Waals surface area contributed by atoms with E-state index in [2.05, 4.69) is 15.4 Å². The van der Waals surface area contributed by atoms with Crippen LogP contribution in [0.5, 0.6) is 5.75 Å². The molecule has 0 aliphatic carbocycles. The lowest BCUT2D eigenvalue weighted by Gasteiger charge is -2.08. The molecule has 18 heavy (non-hydrogen) atoms. The Labute approximate surface area is 99.8 Å². The summed E-state index contributed by atoms with van der Waals surface area (Å²) >= 11 is 0. The van der Waals surface area contributed by atoms with Crippen molar-refractivity contribution < 1.29 is 17.9 Å². The fraction of sp³-hybridized carbons (Fsp3) is 0.200. The third-order valence-corrected chi connectivity index (χ3v) is 2.21. The number of aromatic amines is 1. The van der Waals surface area contributed by atoms with Gasteiger partial charge < -0.3 is 10.5 Å². The first-order valence-corrected chi connectivity index (χ1v) is 4.92. The summed E-state index contributed by atoms with van der Waals surface area (Å²) in [5.41, 5.74) is 5.12. The summed E-state index contributed by atoms with van der Waals surface area (Å²) in [6.45, 7) is 0.0354. The van der Waals surface area contributed by atoms with Crippen LogP contribution in [0.2, 0.25) is 0 Å². The Morgan fingerprint density at radius 1 is 1.17 bits per heavy atom. The number of hydrogen-bond donors (Lipinski definition) is 2. The summed E-state index contributed by atoms with van der Waals surface area (Å²) in [6.07, 6.45) is -4.35. The van der Waals surface area contributed by atoms with Gasteiger partial charge in [0, 0.05) is 0 Å². The number of ether oxygens (including phenoxy) is 1. The van der Waals surface area contributed by atoms with Crippen molar-refractivity contribution in [3.8, 4) is 5.75 Å². The minimum atomic E-state index is -4.35. The highest BCUT2D eigenvalue weighted by molar-refractivity contribution is 5.32. The number of aromatic nitrogens is 3. The number of H-pyrrole nitrogens is 1. The van der Waals surface area contributed by atoms with Gasteiger partial charge in [0.15, 0.2) is 5.82 Å². The summed E-state index contributed by atoms with van der Waals surface area (Å²) in [7, 11) is 0. The van der Waals surface area contributed by atoms with E-state index >= 15 is 0 Å². The van der Waals surface area contributed by atoms with E-state index in [0.29, 0.717) is 11.4 Å². The molecule has 0 saturated carbocycles. The van der Waals surface area contributed by atoms with Crippen molar-refractivity contribution in [2.75, 3.05) is 5.73 Å². The summed E-state index contributed by atoms with van der Waals surface area (Å²) in [4.78, 5) is 0. The number of nitrogens with two attached hydrogens (primary N) is 1. The fourth-order valence-electron chi connectivity index (χ4n) is 1.26. The molecular formula is C10H9F3N4O. The highest BCUT2D eigenvalue weighted by atomic mass is 19.4. The molecule has 0 amide bonds. The average Bonchev–Trinajstić information content (AvgIpc) is 2.72. The molecule has 0 aliphatic heterocycles. The van der Waals surface area contributed by atoms with Gasteiger partial charge in [0.05, 0.1) is 5.56 Å². The molecule has 0 aliphatic rings. The lowest BCUT2D eigenvalue weighted by Crippen LogP contribution is -2.04. The molecule has 96 valence electrons. The third-order valence-electron chi connectivity index (χ3n) is 2.21. The van der Waals surface area contributed by atoms with Crippen LogP contribution >= 0.6 is 0 Å². The Bertz CT molecular complexity index is 521. The average molecular weight is 258 g/mol. The quantitative estimate of drug-likeness (QED) is 0.882. The van der Waals surface area contributed by atoms with Crippen LogP contribution in [0.1, 0.15) is 11.3 Å². The van der Waals surface area contributed by atoms with E-state index < -0.39 is 11.7 Å². The first kappa shape index (κ1) is 12.2. The van der Waals surface area contributed by atoms with Gasteiger partial charge in [0.1, 0.15) is 18.1 Å². The highest BCUT2D eigenvalue weighted by Crippen LogP contribution is 2.30. The van der Waals surface area contributed by atoms with Gasteiger partial charge in [-0.1, -0.05) is 0 Å². The van der Waals surface area contributed by atoms with Crippen molar-refractivity contribution in [1.29, 1.82) is 0 Å². The zero-order valence-corrected chi connectivity index (χ0v) is 9.03.